The minimum absolute atomic E-state index is 0.431. The Kier molecular flexibility index (Phi) is 8.93. The van der Waals surface area contributed by atoms with Crippen LogP contribution in [0.3, 0.4) is 0 Å². The molecule has 0 aliphatic carbocycles. The first-order chi connectivity index (χ1) is 9.72. The molecule has 1 rings (SSSR count). The maximum Gasteiger partial charge on any atom is 0.315 e. The third-order valence-electron chi connectivity index (χ3n) is 2.59. The second kappa shape index (κ2) is 10.6. The van der Waals surface area contributed by atoms with Crippen LogP contribution in [0.15, 0.2) is 4.42 Å². The van der Waals surface area contributed by atoms with E-state index in [1.54, 1.807) is 7.11 Å². The summed E-state index contributed by atoms with van der Waals surface area (Å²) in [6.45, 7) is 8.41. The summed E-state index contributed by atoms with van der Waals surface area (Å²) in [6, 6.07) is 0.431. The van der Waals surface area contributed by atoms with Crippen molar-refractivity contribution in [3.05, 3.63) is 5.89 Å². The molecule has 0 fully saturated rings. The predicted molar refractivity (Wildman–Crippen MR) is 76.6 cm³/mol. The van der Waals surface area contributed by atoms with Crippen molar-refractivity contribution in [2.24, 2.45) is 5.92 Å². The number of anilines is 1. The number of ether oxygens (including phenoxy) is 2. The van der Waals surface area contributed by atoms with E-state index in [1.807, 2.05) is 0 Å². The summed E-state index contributed by atoms with van der Waals surface area (Å²) >= 11 is 0. The minimum atomic E-state index is 0.431. The first-order valence-corrected chi connectivity index (χ1v) is 7.06. The topological polar surface area (TPSA) is 81.4 Å². The van der Waals surface area contributed by atoms with E-state index >= 15 is 0 Å². The van der Waals surface area contributed by atoms with Gasteiger partial charge < -0.3 is 24.5 Å². The number of nitrogens with one attached hydrogen (secondary N) is 2. The average molecular weight is 286 g/mol. The second-order valence-electron chi connectivity index (χ2n) is 4.89. The summed E-state index contributed by atoms with van der Waals surface area (Å²) in [5.41, 5.74) is 0. The van der Waals surface area contributed by atoms with Gasteiger partial charge in [-0.05, 0) is 12.3 Å². The Hall–Kier alpha value is -1.18. The van der Waals surface area contributed by atoms with E-state index in [9.17, 15) is 0 Å². The summed E-state index contributed by atoms with van der Waals surface area (Å²) in [7, 11) is 1.67. The molecule has 2 N–H and O–H groups in total. The largest absolute Gasteiger partial charge is 0.407 e. The van der Waals surface area contributed by atoms with Crippen LogP contribution in [0.25, 0.3) is 0 Å². The van der Waals surface area contributed by atoms with E-state index in [4.69, 9.17) is 13.9 Å². The third-order valence-corrected chi connectivity index (χ3v) is 2.59. The Labute approximate surface area is 120 Å². The molecule has 0 saturated carbocycles. The highest BCUT2D eigenvalue weighted by Crippen LogP contribution is 2.04. The van der Waals surface area contributed by atoms with Crippen LogP contribution in [-0.2, 0) is 16.0 Å². The van der Waals surface area contributed by atoms with Crippen LogP contribution < -0.4 is 10.6 Å². The third kappa shape index (κ3) is 8.08. The van der Waals surface area contributed by atoms with E-state index in [0.717, 1.165) is 19.6 Å². The van der Waals surface area contributed by atoms with Gasteiger partial charge in [-0.3, -0.25) is 0 Å². The van der Waals surface area contributed by atoms with Gasteiger partial charge in [0.1, 0.15) is 0 Å². The van der Waals surface area contributed by atoms with Crippen LogP contribution in [-0.4, -0.2) is 50.2 Å². The SMILES string of the molecule is COCCNCc1nnc(NCCOCCC(C)C)o1. The lowest BCUT2D eigenvalue weighted by Crippen LogP contribution is -2.18. The van der Waals surface area contributed by atoms with Crippen LogP contribution >= 0.6 is 0 Å². The van der Waals surface area contributed by atoms with Crippen molar-refractivity contribution >= 4 is 6.01 Å². The molecular weight excluding hydrogens is 260 g/mol. The Morgan fingerprint density at radius 3 is 2.75 bits per heavy atom. The monoisotopic (exact) mass is 286 g/mol. The second-order valence-corrected chi connectivity index (χ2v) is 4.89. The number of hydrogen-bond donors (Lipinski definition) is 2. The summed E-state index contributed by atoms with van der Waals surface area (Å²) in [5.74, 6) is 1.23. The molecular formula is C13H26N4O3. The molecule has 0 aliphatic heterocycles. The van der Waals surface area contributed by atoms with E-state index < -0.39 is 0 Å². The zero-order valence-electron chi connectivity index (χ0n) is 12.6. The number of methoxy groups -OCH3 is 1. The van der Waals surface area contributed by atoms with Crippen LogP contribution in [0, 0.1) is 5.92 Å². The van der Waals surface area contributed by atoms with Gasteiger partial charge in [0.05, 0.1) is 19.8 Å². The van der Waals surface area contributed by atoms with Crippen LogP contribution in [0.1, 0.15) is 26.2 Å². The zero-order valence-corrected chi connectivity index (χ0v) is 12.6. The highest BCUT2D eigenvalue weighted by Gasteiger charge is 2.04. The molecule has 7 nitrogen and oxygen atoms in total. The van der Waals surface area contributed by atoms with Gasteiger partial charge in [0.2, 0.25) is 5.89 Å². The molecule has 0 radical (unpaired) electrons. The summed E-state index contributed by atoms with van der Waals surface area (Å²) in [6.07, 6.45) is 1.08. The molecule has 0 spiro atoms. The highest BCUT2D eigenvalue weighted by atomic mass is 16.5. The number of nitrogens with zero attached hydrogens (tertiary/aromatic N) is 2. The van der Waals surface area contributed by atoms with E-state index in [1.165, 1.54) is 0 Å². The van der Waals surface area contributed by atoms with Crippen LogP contribution in [0.4, 0.5) is 6.01 Å². The van der Waals surface area contributed by atoms with Crippen LogP contribution in [0.2, 0.25) is 0 Å². The fourth-order valence-electron chi connectivity index (χ4n) is 1.42. The molecule has 20 heavy (non-hydrogen) atoms. The van der Waals surface area contributed by atoms with Gasteiger partial charge in [-0.1, -0.05) is 18.9 Å². The molecule has 1 heterocycles. The molecule has 7 heteroatoms. The van der Waals surface area contributed by atoms with Gasteiger partial charge in [-0.25, -0.2) is 0 Å². The van der Waals surface area contributed by atoms with Crippen molar-refractivity contribution in [1.29, 1.82) is 0 Å². The normalized spacial score (nSPS) is 11.2. The fraction of sp³-hybridized carbons (Fsp3) is 0.846. The van der Waals surface area contributed by atoms with Crippen molar-refractivity contribution in [2.45, 2.75) is 26.8 Å². The number of hydrogen-bond acceptors (Lipinski definition) is 7. The van der Waals surface area contributed by atoms with Crippen molar-refractivity contribution in [1.82, 2.24) is 15.5 Å². The van der Waals surface area contributed by atoms with Gasteiger partial charge in [0.15, 0.2) is 0 Å². The Bertz CT molecular complexity index is 344. The van der Waals surface area contributed by atoms with Crippen molar-refractivity contribution in [3.8, 4) is 0 Å². The van der Waals surface area contributed by atoms with Gasteiger partial charge in [-0.15, -0.1) is 5.10 Å². The van der Waals surface area contributed by atoms with Crippen molar-refractivity contribution in [3.63, 3.8) is 0 Å². The molecule has 0 amide bonds. The fourth-order valence-corrected chi connectivity index (χ4v) is 1.42. The first-order valence-electron chi connectivity index (χ1n) is 7.06. The van der Waals surface area contributed by atoms with Crippen LogP contribution in [0.5, 0.6) is 0 Å². The molecule has 0 bridgehead atoms. The molecule has 0 saturated heterocycles. The Morgan fingerprint density at radius 2 is 2.00 bits per heavy atom. The molecule has 0 aromatic carbocycles. The standard InChI is InChI=1S/C13H26N4O3/c1-11(2)4-7-19-9-6-15-13-17-16-12(20-13)10-14-5-8-18-3/h11,14H,4-10H2,1-3H3,(H,15,17). The zero-order chi connectivity index (χ0) is 14.6. The lowest BCUT2D eigenvalue weighted by atomic mass is 10.1. The summed E-state index contributed by atoms with van der Waals surface area (Å²) in [4.78, 5) is 0. The molecule has 1 aromatic heterocycles. The van der Waals surface area contributed by atoms with E-state index in [2.05, 4.69) is 34.7 Å². The first kappa shape index (κ1) is 16.9. The van der Waals surface area contributed by atoms with Gasteiger partial charge >= 0.3 is 6.01 Å². The Balaban J connectivity index is 2.05. The molecule has 0 aliphatic rings. The number of aromatic nitrogens is 2. The lowest BCUT2D eigenvalue weighted by Gasteiger charge is -2.06. The van der Waals surface area contributed by atoms with Crippen molar-refractivity contribution < 1.29 is 13.9 Å². The lowest BCUT2D eigenvalue weighted by molar-refractivity contribution is 0.132. The molecule has 0 unspecified atom stereocenters. The number of rotatable bonds is 12. The predicted octanol–water partition coefficient (Wildman–Crippen LogP) is 1.28. The Morgan fingerprint density at radius 1 is 1.15 bits per heavy atom. The maximum atomic E-state index is 5.49. The quantitative estimate of drug-likeness (QED) is 0.560. The van der Waals surface area contributed by atoms with E-state index in [0.29, 0.717) is 44.1 Å². The van der Waals surface area contributed by atoms with E-state index in [-0.39, 0.29) is 0 Å². The smallest absolute Gasteiger partial charge is 0.315 e. The molecule has 1 aromatic rings. The minimum Gasteiger partial charge on any atom is -0.407 e. The van der Waals surface area contributed by atoms with Gasteiger partial charge in [-0.2, -0.15) is 0 Å². The van der Waals surface area contributed by atoms with Gasteiger partial charge in [0.25, 0.3) is 0 Å². The highest BCUT2D eigenvalue weighted by molar-refractivity contribution is 5.16. The summed E-state index contributed by atoms with van der Waals surface area (Å²) in [5, 5.41) is 14.0. The van der Waals surface area contributed by atoms with Gasteiger partial charge in [0, 0.05) is 26.8 Å². The maximum absolute atomic E-state index is 5.49. The average Bonchev–Trinajstić information content (AvgIpc) is 2.86. The van der Waals surface area contributed by atoms with Crippen molar-refractivity contribution in [2.75, 3.05) is 45.3 Å². The summed E-state index contributed by atoms with van der Waals surface area (Å²) < 4.78 is 15.8. The molecule has 116 valence electrons. The molecule has 0 atom stereocenters.